The van der Waals surface area contributed by atoms with Crippen molar-refractivity contribution in [3.63, 3.8) is 0 Å². The maximum Gasteiger partial charge on any atom is 0.416 e. The van der Waals surface area contributed by atoms with Crippen molar-refractivity contribution in [3.05, 3.63) is 100 Å². The molecule has 2 fully saturated rings. The van der Waals surface area contributed by atoms with Crippen molar-refractivity contribution in [2.24, 2.45) is 23.7 Å². The molecule has 2 saturated heterocycles. The normalized spacial score (nSPS) is 23.3. The number of amides is 2. The Bertz CT molecular complexity index is 1750. The largest absolute Gasteiger partial charge is 0.508 e. The monoisotopic (exact) mass is 670 g/mol. The van der Waals surface area contributed by atoms with Gasteiger partial charge in [-0.15, -0.1) is 0 Å². The Morgan fingerprint density at radius 1 is 0.958 bits per heavy atom. The minimum Gasteiger partial charge on any atom is -0.508 e. The smallest absolute Gasteiger partial charge is 0.416 e. The average molecular weight is 671 g/mol. The van der Waals surface area contributed by atoms with Crippen LogP contribution in [0.3, 0.4) is 0 Å². The Balaban J connectivity index is 1.31. The number of imide groups is 1. The first-order chi connectivity index (χ1) is 22.6. The number of allylic oxidation sites excluding steroid dienone is 2. The van der Waals surface area contributed by atoms with E-state index in [1.807, 2.05) is 32.1 Å². The highest BCUT2D eigenvalue weighted by Crippen LogP contribution is 2.52. The Kier molecular flexibility index (Phi) is 8.74. The summed E-state index contributed by atoms with van der Waals surface area (Å²) in [6, 6.07) is 13.1. The number of halogens is 6. The predicted molar refractivity (Wildman–Crippen MR) is 165 cm³/mol. The lowest BCUT2D eigenvalue weighted by Crippen LogP contribution is -2.35. The molecular formula is C36H32F6N2O4. The molecule has 0 saturated carbocycles. The van der Waals surface area contributed by atoms with Crippen LogP contribution in [0.2, 0.25) is 0 Å². The molecule has 1 aliphatic carbocycles. The zero-order chi connectivity index (χ0) is 34.5. The number of anilines is 1. The number of aromatic nitrogens is 1. The van der Waals surface area contributed by atoms with Gasteiger partial charge in [0, 0.05) is 12.1 Å². The Labute approximate surface area is 272 Å². The van der Waals surface area contributed by atoms with Crippen molar-refractivity contribution in [2.45, 2.75) is 51.6 Å². The number of ether oxygens (including phenoxy) is 1. The average Bonchev–Trinajstić information content (AvgIpc) is 3.56. The number of carbonyl (C=O) groups is 2. The molecule has 252 valence electrons. The first-order valence-corrected chi connectivity index (χ1v) is 15.6. The Morgan fingerprint density at radius 2 is 1.62 bits per heavy atom. The van der Waals surface area contributed by atoms with Crippen LogP contribution in [-0.4, -0.2) is 34.6 Å². The van der Waals surface area contributed by atoms with Gasteiger partial charge in [-0.1, -0.05) is 37.6 Å². The molecule has 48 heavy (non-hydrogen) atoms. The van der Waals surface area contributed by atoms with Crippen molar-refractivity contribution in [3.8, 4) is 5.75 Å². The minimum atomic E-state index is -5.13. The van der Waals surface area contributed by atoms with Crippen LogP contribution in [0.15, 0.2) is 78.0 Å². The van der Waals surface area contributed by atoms with Gasteiger partial charge in [0.2, 0.25) is 11.8 Å². The van der Waals surface area contributed by atoms with Gasteiger partial charge in [-0.2, -0.15) is 26.3 Å². The van der Waals surface area contributed by atoms with E-state index >= 15 is 0 Å². The molecule has 12 heteroatoms. The number of rotatable bonds is 7. The molecule has 0 bridgehead atoms. The van der Waals surface area contributed by atoms with E-state index in [0.29, 0.717) is 29.9 Å². The highest BCUT2D eigenvalue weighted by Gasteiger charge is 2.58. The Morgan fingerprint density at radius 3 is 2.21 bits per heavy atom. The highest BCUT2D eigenvalue weighted by molar-refractivity contribution is 6.22. The first-order valence-electron chi connectivity index (χ1n) is 15.6. The summed E-state index contributed by atoms with van der Waals surface area (Å²) in [7, 11) is 0. The third kappa shape index (κ3) is 6.37. The van der Waals surface area contributed by atoms with Gasteiger partial charge in [-0.3, -0.25) is 14.6 Å². The van der Waals surface area contributed by atoms with Gasteiger partial charge in [-0.05, 0) is 90.4 Å². The summed E-state index contributed by atoms with van der Waals surface area (Å²) in [6.45, 7) is 3.97. The standard InChI is InChI=1S/C36H32F6N2O4/c1-19(2)26-17-27-32(34(47)44(33(27)46)24-15-22(35(37,38)39)14-23(16-24)36(40,41)42)28-18-48-30(31(26)28)11-8-21(29-5-3-4-12-43-29)13-20-6-9-25(45)10-7-20/h3-7,9-10,12-16,19,27-28,30,32,45H,8,11,17-18H2,1-2H3/b21-13-/t27-,28+,30-,32-/m1/s1. The molecule has 0 spiro atoms. The van der Waals surface area contributed by atoms with E-state index in [1.54, 1.807) is 36.5 Å². The van der Waals surface area contributed by atoms with E-state index in [2.05, 4.69) is 4.98 Å². The third-order valence-electron chi connectivity index (χ3n) is 9.38. The molecule has 3 heterocycles. The molecule has 1 aromatic heterocycles. The molecule has 3 aromatic rings. The van der Waals surface area contributed by atoms with E-state index in [-0.39, 0.29) is 30.8 Å². The molecule has 0 radical (unpaired) electrons. The second-order valence-electron chi connectivity index (χ2n) is 12.7. The minimum absolute atomic E-state index is 0.0250. The Hall–Kier alpha value is -4.45. The van der Waals surface area contributed by atoms with Crippen LogP contribution >= 0.6 is 0 Å². The quantitative estimate of drug-likeness (QED) is 0.155. The lowest BCUT2D eigenvalue weighted by molar-refractivity contribution is -0.143. The van der Waals surface area contributed by atoms with Crippen LogP contribution in [0.1, 0.15) is 55.5 Å². The lowest BCUT2D eigenvalue weighted by Gasteiger charge is -2.33. The molecule has 1 N–H and O–H groups in total. The van der Waals surface area contributed by atoms with Gasteiger partial charge >= 0.3 is 12.4 Å². The number of carbonyl (C=O) groups excluding carboxylic acids is 2. The summed E-state index contributed by atoms with van der Waals surface area (Å²) in [6.07, 6.45) is -5.89. The van der Waals surface area contributed by atoms with Crippen LogP contribution in [0, 0.1) is 23.7 Å². The summed E-state index contributed by atoms with van der Waals surface area (Å²) in [5.74, 6) is -4.04. The van der Waals surface area contributed by atoms with Gasteiger partial charge in [0.15, 0.2) is 0 Å². The van der Waals surface area contributed by atoms with Gasteiger partial charge in [0.25, 0.3) is 0 Å². The SMILES string of the molecule is CC(C)C1=C2[C@@H](CC/C(=C/c3ccc(O)cc3)c3ccccn3)OC[C@@H]2[C@@H]2C(=O)N(c3cc(C(F)(F)F)cc(C(F)(F)F)c3)C(=O)[C@@H]2C1. The molecular weight excluding hydrogens is 638 g/mol. The number of aromatic hydroxyl groups is 1. The topological polar surface area (TPSA) is 79.7 Å². The van der Waals surface area contributed by atoms with E-state index in [1.165, 1.54) is 0 Å². The third-order valence-corrected chi connectivity index (χ3v) is 9.38. The molecule has 3 aliphatic rings. The molecule has 2 amide bonds. The van der Waals surface area contributed by atoms with Gasteiger partial charge in [-0.25, -0.2) is 4.90 Å². The molecule has 4 atom stereocenters. The number of pyridine rings is 1. The van der Waals surface area contributed by atoms with E-state index in [4.69, 9.17) is 4.74 Å². The molecule has 6 rings (SSSR count). The maximum atomic E-state index is 13.9. The van der Waals surface area contributed by atoms with Gasteiger partial charge in [0.05, 0.1) is 47.1 Å². The van der Waals surface area contributed by atoms with Crippen LogP contribution in [0.4, 0.5) is 32.0 Å². The first kappa shape index (κ1) is 33.5. The van der Waals surface area contributed by atoms with Crippen LogP contribution in [0.5, 0.6) is 5.75 Å². The van der Waals surface area contributed by atoms with Gasteiger partial charge in [0.1, 0.15) is 5.75 Å². The number of phenols is 1. The number of hydrogen-bond donors (Lipinski definition) is 1. The number of hydrogen-bond acceptors (Lipinski definition) is 5. The number of nitrogens with zero attached hydrogens (tertiary/aromatic N) is 2. The van der Waals surface area contributed by atoms with Crippen molar-refractivity contribution < 1.29 is 45.8 Å². The van der Waals surface area contributed by atoms with Crippen molar-refractivity contribution in [2.75, 3.05) is 11.5 Å². The number of phenolic OH excluding ortho intramolecular Hbond substituents is 1. The predicted octanol–water partition coefficient (Wildman–Crippen LogP) is 8.32. The fourth-order valence-corrected chi connectivity index (χ4v) is 7.17. The number of fused-ring (bicyclic) bond motifs is 3. The second-order valence-corrected chi connectivity index (χ2v) is 12.7. The zero-order valence-electron chi connectivity index (χ0n) is 26.0. The zero-order valence-corrected chi connectivity index (χ0v) is 26.0. The summed E-state index contributed by atoms with van der Waals surface area (Å²) in [5.41, 5.74) is 0.331. The van der Waals surface area contributed by atoms with Crippen LogP contribution < -0.4 is 4.90 Å². The maximum absolute atomic E-state index is 13.9. The van der Waals surface area contributed by atoms with Crippen LogP contribution in [-0.2, 0) is 26.7 Å². The van der Waals surface area contributed by atoms with Crippen LogP contribution in [0.25, 0.3) is 11.6 Å². The molecule has 0 unspecified atom stereocenters. The fourth-order valence-electron chi connectivity index (χ4n) is 7.17. The molecule has 6 nitrogen and oxygen atoms in total. The second kappa shape index (κ2) is 12.5. The fraction of sp³-hybridized carbons (Fsp3) is 0.361. The summed E-state index contributed by atoms with van der Waals surface area (Å²) in [5, 5.41) is 9.71. The number of alkyl halides is 6. The van der Waals surface area contributed by atoms with Gasteiger partial charge < -0.3 is 9.84 Å². The highest BCUT2D eigenvalue weighted by atomic mass is 19.4. The lowest BCUT2D eigenvalue weighted by atomic mass is 9.67. The van der Waals surface area contributed by atoms with E-state index in [0.717, 1.165) is 28.0 Å². The van der Waals surface area contributed by atoms with E-state index in [9.17, 15) is 41.0 Å². The molecule has 2 aromatic carbocycles. The van der Waals surface area contributed by atoms with Crippen molar-refractivity contribution >= 4 is 29.2 Å². The molecule has 2 aliphatic heterocycles. The summed E-state index contributed by atoms with van der Waals surface area (Å²) < 4.78 is 88.2. The van der Waals surface area contributed by atoms with Crippen molar-refractivity contribution in [1.29, 1.82) is 0 Å². The summed E-state index contributed by atoms with van der Waals surface area (Å²) in [4.78, 5) is 32.6. The van der Waals surface area contributed by atoms with E-state index < -0.39 is 64.8 Å². The summed E-state index contributed by atoms with van der Waals surface area (Å²) >= 11 is 0. The van der Waals surface area contributed by atoms with Crippen molar-refractivity contribution in [1.82, 2.24) is 4.98 Å². The number of benzene rings is 2.